The van der Waals surface area contributed by atoms with E-state index in [2.05, 4.69) is 9.97 Å². The van der Waals surface area contributed by atoms with Crippen molar-refractivity contribution < 1.29 is 5.11 Å². The Balaban J connectivity index is 2.19. The second kappa shape index (κ2) is 3.88. The van der Waals surface area contributed by atoms with E-state index in [-0.39, 0.29) is 0 Å². The zero-order valence-electron chi connectivity index (χ0n) is 10.4. The maximum absolute atomic E-state index is 9.75. The molecule has 0 saturated carbocycles. The molecule has 3 nitrogen and oxygen atoms in total. The first-order valence-corrected chi connectivity index (χ1v) is 5.90. The molecule has 3 aromatic rings. The third-order valence-corrected chi connectivity index (χ3v) is 3.20. The molecule has 0 aliphatic rings. The van der Waals surface area contributed by atoms with E-state index < -0.39 is 0 Å². The number of hydrogen-bond acceptors (Lipinski definition) is 2. The van der Waals surface area contributed by atoms with Crippen LogP contribution in [0.2, 0.25) is 0 Å². The van der Waals surface area contributed by atoms with Crippen LogP contribution in [0, 0.1) is 13.8 Å². The van der Waals surface area contributed by atoms with E-state index in [4.69, 9.17) is 0 Å². The van der Waals surface area contributed by atoms with Gasteiger partial charge in [-0.05, 0) is 37.1 Å². The third kappa shape index (κ3) is 1.64. The summed E-state index contributed by atoms with van der Waals surface area (Å²) in [5, 5.41) is 9.75. The van der Waals surface area contributed by atoms with Crippen molar-refractivity contribution in [3.63, 3.8) is 0 Å². The summed E-state index contributed by atoms with van der Waals surface area (Å²) in [4.78, 5) is 7.86. The SMILES string of the molecule is Cc1ccc(-c2nc3c(C)cccc3[nH]2)cc1O. The molecule has 3 rings (SSSR count). The molecule has 1 heterocycles. The molecular formula is C15H14N2O. The molecule has 0 atom stereocenters. The Morgan fingerprint density at radius 2 is 1.89 bits per heavy atom. The molecule has 0 aliphatic heterocycles. The molecular weight excluding hydrogens is 224 g/mol. The number of H-pyrrole nitrogens is 1. The fourth-order valence-electron chi connectivity index (χ4n) is 2.07. The summed E-state index contributed by atoms with van der Waals surface area (Å²) in [5.41, 5.74) is 4.91. The van der Waals surface area contributed by atoms with E-state index in [9.17, 15) is 5.11 Å². The Morgan fingerprint density at radius 3 is 2.61 bits per heavy atom. The number of nitrogens with one attached hydrogen (secondary N) is 1. The molecule has 0 saturated heterocycles. The first-order chi connectivity index (χ1) is 8.65. The lowest BCUT2D eigenvalue weighted by molar-refractivity contribution is 0.471. The number of phenols is 1. The minimum atomic E-state index is 0.296. The lowest BCUT2D eigenvalue weighted by Crippen LogP contribution is -1.82. The summed E-state index contributed by atoms with van der Waals surface area (Å²) in [7, 11) is 0. The summed E-state index contributed by atoms with van der Waals surface area (Å²) >= 11 is 0. The monoisotopic (exact) mass is 238 g/mol. The van der Waals surface area contributed by atoms with Crippen LogP contribution >= 0.6 is 0 Å². The molecule has 2 N–H and O–H groups in total. The van der Waals surface area contributed by atoms with Crippen LogP contribution < -0.4 is 0 Å². The van der Waals surface area contributed by atoms with Gasteiger partial charge in [0.15, 0.2) is 0 Å². The molecule has 0 radical (unpaired) electrons. The molecule has 0 aliphatic carbocycles. The first-order valence-electron chi connectivity index (χ1n) is 5.90. The minimum Gasteiger partial charge on any atom is -0.508 e. The van der Waals surface area contributed by atoms with Crippen molar-refractivity contribution in [2.45, 2.75) is 13.8 Å². The maximum Gasteiger partial charge on any atom is 0.138 e. The Morgan fingerprint density at radius 1 is 1.06 bits per heavy atom. The molecule has 0 spiro atoms. The van der Waals surface area contributed by atoms with Crippen LogP contribution in [-0.2, 0) is 0 Å². The highest BCUT2D eigenvalue weighted by molar-refractivity contribution is 5.82. The lowest BCUT2D eigenvalue weighted by Gasteiger charge is -2.00. The van der Waals surface area contributed by atoms with E-state index in [1.807, 2.05) is 44.2 Å². The molecule has 90 valence electrons. The van der Waals surface area contributed by atoms with Gasteiger partial charge < -0.3 is 10.1 Å². The number of aromatic hydroxyl groups is 1. The zero-order chi connectivity index (χ0) is 12.7. The van der Waals surface area contributed by atoms with Crippen molar-refractivity contribution in [3.8, 4) is 17.1 Å². The van der Waals surface area contributed by atoms with Gasteiger partial charge in [0, 0.05) is 5.56 Å². The fraction of sp³-hybridized carbons (Fsp3) is 0.133. The number of aryl methyl sites for hydroxylation is 2. The molecule has 0 unspecified atom stereocenters. The predicted molar refractivity (Wildman–Crippen MR) is 72.7 cm³/mol. The van der Waals surface area contributed by atoms with Crippen LogP contribution in [0.4, 0.5) is 0 Å². The molecule has 0 bridgehead atoms. The average molecular weight is 238 g/mol. The van der Waals surface area contributed by atoms with Crippen LogP contribution in [0.3, 0.4) is 0 Å². The smallest absolute Gasteiger partial charge is 0.138 e. The summed E-state index contributed by atoms with van der Waals surface area (Å²) < 4.78 is 0. The van der Waals surface area contributed by atoms with Gasteiger partial charge in [-0.1, -0.05) is 24.3 Å². The van der Waals surface area contributed by atoms with Gasteiger partial charge in [0.1, 0.15) is 11.6 Å². The number of hydrogen-bond donors (Lipinski definition) is 2. The minimum absolute atomic E-state index is 0.296. The van der Waals surface area contributed by atoms with Crippen molar-refractivity contribution in [1.29, 1.82) is 0 Å². The number of rotatable bonds is 1. The molecule has 0 amide bonds. The summed E-state index contributed by atoms with van der Waals surface area (Å²) in [5.74, 6) is 1.08. The summed E-state index contributed by atoms with van der Waals surface area (Å²) in [6, 6.07) is 11.6. The van der Waals surface area contributed by atoms with E-state index in [0.29, 0.717) is 5.75 Å². The normalized spacial score (nSPS) is 11.0. The van der Waals surface area contributed by atoms with Gasteiger partial charge in [0.05, 0.1) is 11.0 Å². The third-order valence-electron chi connectivity index (χ3n) is 3.20. The second-order valence-corrected chi connectivity index (χ2v) is 4.56. The standard InChI is InChI=1S/C15H14N2O/c1-9-6-7-11(8-13(9)18)15-16-12-5-3-4-10(2)14(12)17-15/h3-8,18H,1-2H3,(H,16,17). The highest BCUT2D eigenvalue weighted by Crippen LogP contribution is 2.26. The summed E-state index contributed by atoms with van der Waals surface area (Å²) in [6.07, 6.45) is 0. The van der Waals surface area contributed by atoms with Crippen LogP contribution in [-0.4, -0.2) is 15.1 Å². The van der Waals surface area contributed by atoms with Gasteiger partial charge in [-0.3, -0.25) is 0 Å². The van der Waals surface area contributed by atoms with Crippen LogP contribution in [0.25, 0.3) is 22.4 Å². The van der Waals surface area contributed by atoms with Gasteiger partial charge in [0.25, 0.3) is 0 Å². The molecule has 2 aromatic carbocycles. The number of aromatic amines is 1. The number of nitrogens with zero attached hydrogens (tertiary/aromatic N) is 1. The Hall–Kier alpha value is -2.29. The van der Waals surface area contributed by atoms with Crippen molar-refractivity contribution in [1.82, 2.24) is 9.97 Å². The maximum atomic E-state index is 9.75. The molecule has 3 heteroatoms. The molecule has 0 fully saturated rings. The van der Waals surface area contributed by atoms with Crippen molar-refractivity contribution >= 4 is 11.0 Å². The zero-order valence-corrected chi connectivity index (χ0v) is 10.4. The Bertz CT molecular complexity index is 728. The van der Waals surface area contributed by atoms with E-state index in [1.165, 1.54) is 0 Å². The number of aromatic nitrogens is 2. The van der Waals surface area contributed by atoms with Crippen LogP contribution in [0.5, 0.6) is 5.75 Å². The number of phenolic OH excluding ortho intramolecular Hbond substituents is 1. The van der Waals surface area contributed by atoms with E-state index in [0.717, 1.165) is 33.5 Å². The van der Waals surface area contributed by atoms with Crippen molar-refractivity contribution in [2.75, 3.05) is 0 Å². The van der Waals surface area contributed by atoms with Gasteiger partial charge in [-0.15, -0.1) is 0 Å². The Labute approximate surface area is 105 Å². The van der Waals surface area contributed by atoms with Crippen LogP contribution in [0.15, 0.2) is 36.4 Å². The van der Waals surface area contributed by atoms with Crippen molar-refractivity contribution in [3.05, 3.63) is 47.5 Å². The number of fused-ring (bicyclic) bond motifs is 1. The number of imidazole rings is 1. The largest absolute Gasteiger partial charge is 0.508 e. The lowest BCUT2D eigenvalue weighted by atomic mass is 10.1. The number of benzene rings is 2. The topological polar surface area (TPSA) is 48.9 Å². The van der Waals surface area contributed by atoms with Gasteiger partial charge in [-0.25, -0.2) is 4.98 Å². The fourth-order valence-corrected chi connectivity index (χ4v) is 2.07. The first kappa shape index (κ1) is 10.8. The van der Waals surface area contributed by atoms with Gasteiger partial charge in [-0.2, -0.15) is 0 Å². The number of para-hydroxylation sites is 1. The van der Waals surface area contributed by atoms with Crippen molar-refractivity contribution in [2.24, 2.45) is 0 Å². The average Bonchev–Trinajstić information content (AvgIpc) is 2.78. The van der Waals surface area contributed by atoms with Crippen LogP contribution in [0.1, 0.15) is 11.1 Å². The predicted octanol–water partition coefficient (Wildman–Crippen LogP) is 3.55. The van der Waals surface area contributed by atoms with E-state index in [1.54, 1.807) is 6.07 Å². The highest BCUT2D eigenvalue weighted by atomic mass is 16.3. The van der Waals surface area contributed by atoms with Gasteiger partial charge >= 0.3 is 0 Å². The Kier molecular flexibility index (Phi) is 2.33. The van der Waals surface area contributed by atoms with E-state index >= 15 is 0 Å². The van der Waals surface area contributed by atoms with Gasteiger partial charge in [0.2, 0.25) is 0 Å². The molecule has 1 aromatic heterocycles. The highest BCUT2D eigenvalue weighted by Gasteiger charge is 2.08. The molecule has 18 heavy (non-hydrogen) atoms. The summed E-state index contributed by atoms with van der Waals surface area (Å²) in [6.45, 7) is 3.92. The quantitative estimate of drug-likeness (QED) is 0.681. The second-order valence-electron chi connectivity index (χ2n) is 4.56.